The van der Waals surface area contributed by atoms with Crippen molar-refractivity contribution in [3.63, 3.8) is 0 Å². The van der Waals surface area contributed by atoms with Crippen LogP contribution in [0, 0.1) is 0 Å². The average molecular weight is 350 g/mol. The van der Waals surface area contributed by atoms with Crippen LogP contribution in [0.15, 0.2) is 17.0 Å². The van der Waals surface area contributed by atoms with Crippen LogP contribution in [-0.4, -0.2) is 49.8 Å². The van der Waals surface area contributed by atoms with Gasteiger partial charge in [-0.1, -0.05) is 23.2 Å². The molecule has 3 rings (SSSR count). The third-order valence-electron chi connectivity index (χ3n) is 4.19. The van der Waals surface area contributed by atoms with Crippen LogP contribution in [0.5, 0.6) is 0 Å². The zero-order valence-corrected chi connectivity index (χ0v) is 13.8. The number of hydrogen-bond donors (Lipinski definition) is 1. The molecule has 1 unspecified atom stereocenters. The van der Waals surface area contributed by atoms with E-state index in [0.29, 0.717) is 24.2 Å². The molecule has 0 radical (unpaired) electrons. The second-order valence-electron chi connectivity index (χ2n) is 5.50. The Morgan fingerprint density at radius 2 is 1.95 bits per heavy atom. The first kappa shape index (κ1) is 15.4. The number of nitrogens with zero attached hydrogens (tertiary/aromatic N) is 2. The standard InChI is InChI=1S/C13H17Cl2N3O2S/c14-9-6-11(15)13(12(16)7-9)21(19,20)18-5-4-17-3-1-2-10(17)8-18/h6-7,10H,1-5,8,16H2. The van der Waals surface area contributed by atoms with Gasteiger partial charge in [0, 0.05) is 30.7 Å². The third kappa shape index (κ3) is 2.75. The Kier molecular flexibility index (Phi) is 4.09. The van der Waals surface area contributed by atoms with Crippen LogP contribution in [0.3, 0.4) is 0 Å². The van der Waals surface area contributed by atoms with E-state index < -0.39 is 10.0 Å². The first-order chi connectivity index (χ1) is 9.89. The fraction of sp³-hybridized carbons (Fsp3) is 0.538. The molecule has 1 atom stereocenters. The molecule has 8 heteroatoms. The van der Waals surface area contributed by atoms with Gasteiger partial charge in [0.2, 0.25) is 10.0 Å². The largest absolute Gasteiger partial charge is 0.398 e. The van der Waals surface area contributed by atoms with Crippen LogP contribution < -0.4 is 5.73 Å². The van der Waals surface area contributed by atoms with Crippen molar-refractivity contribution in [1.82, 2.24) is 9.21 Å². The molecule has 0 saturated carbocycles. The SMILES string of the molecule is Nc1cc(Cl)cc(Cl)c1S(=O)(=O)N1CCN2CCCC2C1. The lowest BCUT2D eigenvalue weighted by Gasteiger charge is -2.36. The van der Waals surface area contributed by atoms with Gasteiger partial charge in [-0.3, -0.25) is 4.90 Å². The molecule has 0 bridgehead atoms. The molecule has 0 aliphatic carbocycles. The van der Waals surface area contributed by atoms with Crippen molar-refractivity contribution in [2.45, 2.75) is 23.8 Å². The van der Waals surface area contributed by atoms with Crippen molar-refractivity contribution in [3.05, 3.63) is 22.2 Å². The molecule has 2 fully saturated rings. The van der Waals surface area contributed by atoms with E-state index in [-0.39, 0.29) is 15.6 Å². The monoisotopic (exact) mass is 349 g/mol. The summed E-state index contributed by atoms with van der Waals surface area (Å²) in [5.74, 6) is 0. The van der Waals surface area contributed by atoms with Crippen molar-refractivity contribution in [2.75, 3.05) is 31.9 Å². The molecule has 2 N–H and O–H groups in total. The molecular weight excluding hydrogens is 333 g/mol. The van der Waals surface area contributed by atoms with Gasteiger partial charge in [-0.15, -0.1) is 0 Å². The van der Waals surface area contributed by atoms with Crippen LogP contribution in [0.4, 0.5) is 5.69 Å². The van der Waals surface area contributed by atoms with Gasteiger partial charge in [0.25, 0.3) is 0 Å². The zero-order valence-electron chi connectivity index (χ0n) is 11.4. The first-order valence-corrected chi connectivity index (χ1v) is 9.08. The molecule has 21 heavy (non-hydrogen) atoms. The smallest absolute Gasteiger partial charge is 0.246 e. The first-order valence-electron chi connectivity index (χ1n) is 6.88. The topological polar surface area (TPSA) is 66.6 Å². The van der Waals surface area contributed by atoms with Gasteiger partial charge in [0.1, 0.15) is 4.90 Å². The van der Waals surface area contributed by atoms with Crippen LogP contribution in [0.2, 0.25) is 10.0 Å². The Labute approximate surface area is 134 Å². The Balaban J connectivity index is 1.94. The molecule has 1 aromatic rings. The van der Waals surface area contributed by atoms with E-state index in [1.807, 2.05) is 0 Å². The van der Waals surface area contributed by atoms with Crippen LogP contribution >= 0.6 is 23.2 Å². The average Bonchev–Trinajstić information content (AvgIpc) is 2.83. The second kappa shape index (κ2) is 5.59. The van der Waals surface area contributed by atoms with E-state index in [2.05, 4.69) is 4.90 Å². The fourth-order valence-electron chi connectivity index (χ4n) is 3.16. The van der Waals surface area contributed by atoms with Gasteiger partial charge < -0.3 is 5.73 Å². The van der Waals surface area contributed by atoms with E-state index in [1.165, 1.54) is 16.4 Å². The summed E-state index contributed by atoms with van der Waals surface area (Å²) in [6.07, 6.45) is 2.16. The summed E-state index contributed by atoms with van der Waals surface area (Å²) in [5, 5.41) is 0.408. The Morgan fingerprint density at radius 3 is 2.67 bits per heavy atom. The fourth-order valence-corrected chi connectivity index (χ4v) is 5.57. The molecule has 2 aliphatic heterocycles. The predicted molar refractivity (Wildman–Crippen MR) is 84.2 cm³/mol. The van der Waals surface area contributed by atoms with Crippen molar-refractivity contribution < 1.29 is 8.42 Å². The number of nitrogens with two attached hydrogens (primary N) is 1. The highest BCUT2D eigenvalue weighted by molar-refractivity contribution is 7.89. The maximum atomic E-state index is 12.8. The molecule has 116 valence electrons. The van der Waals surface area contributed by atoms with Gasteiger partial charge in [0.15, 0.2) is 0 Å². The number of halogens is 2. The van der Waals surface area contributed by atoms with Crippen molar-refractivity contribution in [2.24, 2.45) is 0 Å². The third-order valence-corrected chi connectivity index (χ3v) is 6.80. The molecule has 0 amide bonds. The van der Waals surface area contributed by atoms with Gasteiger partial charge in [-0.05, 0) is 31.5 Å². The predicted octanol–water partition coefficient (Wildman–Crippen LogP) is 2.04. The summed E-state index contributed by atoms with van der Waals surface area (Å²) in [6, 6.07) is 3.14. The summed E-state index contributed by atoms with van der Waals surface area (Å²) in [4.78, 5) is 2.32. The van der Waals surface area contributed by atoms with Crippen LogP contribution in [0.25, 0.3) is 0 Å². The van der Waals surface area contributed by atoms with Crippen molar-refractivity contribution in [1.29, 1.82) is 0 Å². The van der Waals surface area contributed by atoms with E-state index in [0.717, 1.165) is 25.9 Å². The zero-order chi connectivity index (χ0) is 15.2. The number of piperazine rings is 1. The van der Waals surface area contributed by atoms with E-state index >= 15 is 0 Å². The lowest BCUT2D eigenvalue weighted by Crippen LogP contribution is -2.52. The minimum Gasteiger partial charge on any atom is -0.398 e. The summed E-state index contributed by atoms with van der Waals surface area (Å²) >= 11 is 11.9. The normalized spacial score (nSPS) is 24.2. The highest BCUT2D eigenvalue weighted by Gasteiger charge is 2.37. The lowest BCUT2D eigenvalue weighted by atomic mass is 10.2. The summed E-state index contributed by atoms with van der Waals surface area (Å²) in [5.41, 5.74) is 5.94. The van der Waals surface area contributed by atoms with Crippen molar-refractivity contribution >= 4 is 38.9 Å². The molecule has 2 heterocycles. The number of rotatable bonds is 2. The quantitative estimate of drug-likeness (QED) is 0.829. The molecule has 2 aliphatic rings. The van der Waals surface area contributed by atoms with E-state index in [9.17, 15) is 8.42 Å². The molecule has 0 aromatic heterocycles. The highest BCUT2D eigenvalue weighted by atomic mass is 35.5. The molecule has 1 aromatic carbocycles. The van der Waals surface area contributed by atoms with Gasteiger partial charge in [0.05, 0.1) is 10.7 Å². The van der Waals surface area contributed by atoms with Crippen LogP contribution in [-0.2, 0) is 10.0 Å². The Bertz CT molecular complexity index is 642. The number of sulfonamides is 1. The molecular formula is C13H17Cl2N3O2S. The minimum absolute atomic E-state index is 0.0278. The van der Waals surface area contributed by atoms with Gasteiger partial charge in [-0.2, -0.15) is 4.31 Å². The molecule has 5 nitrogen and oxygen atoms in total. The Morgan fingerprint density at radius 1 is 1.19 bits per heavy atom. The summed E-state index contributed by atoms with van der Waals surface area (Å²) < 4.78 is 27.1. The molecule has 0 spiro atoms. The number of benzene rings is 1. The van der Waals surface area contributed by atoms with Crippen molar-refractivity contribution in [3.8, 4) is 0 Å². The van der Waals surface area contributed by atoms with E-state index in [4.69, 9.17) is 28.9 Å². The highest BCUT2D eigenvalue weighted by Crippen LogP contribution is 2.34. The van der Waals surface area contributed by atoms with Gasteiger partial charge in [-0.25, -0.2) is 8.42 Å². The summed E-state index contributed by atoms with van der Waals surface area (Å²) in [6.45, 7) is 2.79. The summed E-state index contributed by atoms with van der Waals surface area (Å²) in [7, 11) is -3.69. The van der Waals surface area contributed by atoms with Gasteiger partial charge >= 0.3 is 0 Å². The van der Waals surface area contributed by atoms with Crippen LogP contribution in [0.1, 0.15) is 12.8 Å². The maximum Gasteiger partial charge on any atom is 0.246 e. The lowest BCUT2D eigenvalue weighted by molar-refractivity contribution is 0.158. The Hall–Kier alpha value is -0.530. The second-order valence-corrected chi connectivity index (χ2v) is 8.22. The number of nitrogen functional groups attached to an aromatic ring is 1. The number of hydrogen-bond acceptors (Lipinski definition) is 4. The van der Waals surface area contributed by atoms with E-state index in [1.54, 1.807) is 0 Å². The number of fused-ring (bicyclic) bond motifs is 1. The maximum absolute atomic E-state index is 12.8. The number of anilines is 1. The minimum atomic E-state index is -3.69. The molecule has 2 saturated heterocycles.